The molecule has 136 valence electrons. The lowest BCUT2D eigenvalue weighted by atomic mass is 9.89. The number of piperidine rings is 1. The second-order valence-corrected chi connectivity index (χ2v) is 7.27. The molecule has 3 aliphatic rings. The number of amides is 2. The summed E-state index contributed by atoms with van der Waals surface area (Å²) < 4.78 is 19.0. The smallest absolute Gasteiger partial charge is 0.320 e. The minimum atomic E-state index is -0.451. The molecule has 0 unspecified atom stereocenters. The Balaban J connectivity index is 1.37. The number of rotatable bonds is 2. The molecule has 3 saturated heterocycles. The second-order valence-electron chi connectivity index (χ2n) is 7.27. The minimum Gasteiger partial charge on any atom is -0.371 e. The Morgan fingerprint density at radius 3 is 2.68 bits per heavy atom. The van der Waals surface area contributed by atoms with Gasteiger partial charge in [-0.2, -0.15) is 0 Å². The summed E-state index contributed by atoms with van der Waals surface area (Å²) >= 11 is 0. The number of hydrogen-bond acceptors (Lipinski definition) is 5. The van der Waals surface area contributed by atoms with Crippen LogP contribution >= 0.6 is 0 Å². The lowest BCUT2D eigenvalue weighted by Gasteiger charge is -2.41. The third kappa shape index (κ3) is 3.53. The largest absolute Gasteiger partial charge is 0.371 e. The van der Waals surface area contributed by atoms with Crippen LogP contribution in [0, 0.1) is 5.82 Å². The molecule has 0 saturated carbocycles. The van der Waals surface area contributed by atoms with Crippen molar-refractivity contribution >= 4 is 12.0 Å². The van der Waals surface area contributed by atoms with Gasteiger partial charge in [-0.1, -0.05) is 0 Å². The van der Waals surface area contributed by atoms with Crippen LogP contribution in [-0.2, 0) is 4.74 Å². The van der Waals surface area contributed by atoms with E-state index >= 15 is 0 Å². The number of anilines is 1. The van der Waals surface area contributed by atoms with E-state index in [2.05, 4.69) is 15.3 Å². The number of likely N-dealkylation sites (tertiary alicyclic amines) is 2. The monoisotopic (exact) mass is 349 g/mol. The lowest BCUT2D eigenvalue weighted by molar-refractivity contribution is -0.0435. The molecule has 1 N–H and O–H groups in total. The predicted molar refractivity (Wildman–Crippen MR) is 89.7 cm³/mol. The maximum Gasteiger partial charge on any atom is 0.320 e. The van der Waals surface area contributed by atoms with E-state index in [0.29, 0.717) is 19.1 Å². The highest BCUT2D eigenvalue weighted by molar-refractivity contribution is 5.75. The van der Waals surface area contributed by atoms with Crippen molar-refractivity contribution in [3.8, 4) is 0 Å². The molecule has 2 atom stereocenters. The van der Waals surface area contributed by atoms with Crippen LogP contribution in [0.3, 0.4) is 0 Å². The molecule has 3 fully saturated rings. The van der Waals surface area contributed by atoms with Crippen molar-refractivity contribution in [2.45, 2.75) is 43.7 Å². The zero-order valence-electron chi connectivity index (χ0n) is 14.3. The fourth-order valence-electron chi connectivity index (χ4n) is 4.16. The average molecular weight is 349 g/mol. The normalized spacial score (nSPS) is 29.4. The van der Waals surface area contributed by atoms with Crippen molar-refractivity contribution in [2.75, 3.05) is 38.1 Å². The summed E-state index contributed by atoms with van der Waals surface area (Å²) in [6.07, 6.45) is 7.22. The molecule has 0 radical (unpaired) electrons. The predicted octanol–water partition coefficient (Wildman–Crippen LogP) is 1.87. The molecular weight excluding hydrogens is 325 g/mol. The van der Waals surface area contributed by atoms with Crippen LogP contribution in [0.15, 0.2) is 12.4 Å². The Bertz CT molecular complexity index is 622. The van der Waals surface area contributed by atoms with Gasteiger partial charge in [0.1, 0.15) is 0 Å². The van der Waals surface area contributed by atoms with Crippen LogP contribution in [0.2, 0.25) is 0 Å². The van der Waals surface area contributed by atoms with Crippen molar-refractivity contribution in [2.24, 2.45) is 0 Å². The third-order valence-electron chi connectivity index (χ3n) is 5.35. The molecule has 1 aromatic heterocycles. The zero-order valence-corrected chi connectivity index (χ0v) is 14.3. The van der Waals surface area contributed by atoms with Crippen molar-refractivity contribution in [1.82, 2.24) is 19.8 Å². The van der Waals surface area contributed by atoms with Gasteiger partial charge < -0.3 is 19.9 Å². The molecule has 0 aromatic carbocycles. The number of aromatic nitrogens is 2. The topological polar surface area (TPSA) is 70.6 Å². The number of nitrogens with zero attached hydrogens (tertiary/aromatic N) is 4. The van der Waals surface area contributed by atoms with E-state index < -0.39 is 5.82 Å². The van der Waals surface area contributed by atoms with Crippen LogP contribution in [0.1, 0.15) is 32.1 Å². The highest BCUT2D eigenvalue weighted by Gasteiger charge is 2.45. The molecule has 2 amide bonds. The molecule has 4 rings (SSSR count). The Morgan fingerprint density at radius 1 is 1.20 bits per heavy atom. The number of urea groups is 1. The lowest BCUT2D eigenvalue weighted by Crippen LogP contribution is -2.53. The summed E-state index contributed by atoms with van der Waals surface area (Å²) in [6.45, 7) is 3.74. The van der Waals surface area contributed by atoms with Gasteiger partial charge in [-0.15, -0.1) is 0 Å². The van der Waals surface area contributed by atoms with Crippen molar-refractivity contribution in [1.29, 1.82) is 0 Å². The highest BCUT2D eigenvalue weighted by atomic mass is 19.1. The molecule has 0 bridgehead atoms. The summed E-state index contributed by atoms with van der Waals surface area (Å²) in [5.41, 5.74) is -0.286. The Labute approximate surface area is 146 Å². The van der Waals surface area contributed by atoms with Crippen LogP contribution in [0.5, 0.6) is 0 Å². The fraction of sp³-hybridized carbons (Fsp3) is 0.706. The highest BCUT2D eigenvalue weighted by Crippen LogP contribution is 2.36. The Hall–Kier alpha value is -1.96. The standard InChI is InChI=1S/C17H24FN5O2/c18-13-9-19-15(20-10-13)21-14-8-17(25-11-14)4-3-7-23(12-17)16(24)22-5-1-2-6-22/h9-10,14H,1-8,11-12H2,(H,19,20,21)/t14-,17+/m0/s1. The summed E-state index contributed by atoms with van der Waals surface area (Å²) in [5.74, 6) is -0.0408. The molecule has 1 spiro atoms. The quantitative estimate of drug-likeness (QED) is 0.883. The number of carbonyl (C=O) groups excluding carboxylic acids is 1. The summed E-state index contributed by atoms with van der Waals surface area (Å²) in [6, 6.07) is 0.228. The van der Waals surface area contributed by atoms with Gasteiger partial charge >= 0.3 is 6.03 Å². The number of ether oxygens (including phenoxy) is 1. The first-order valence-electron chi connectivity index (χ1n) is 9.05. The summed E-state index contributed by atoms with van der Waals surface area (Å²) in [5, 5.41) is 3.21. The maximum absolute atomic E-state index is 12.9. The van der Waals surface area contributed by atoms with E-state index in [0.717, 1.165) is 64.1 Å². The van der Waals surface area contributed by atoms with Crippen LogP contribution < -0.4 is 5.32 Å². The maximum atomic E-state index is 12.9. The van der Waals surface area contributed by atoms with Crippen molar-refractivity contribution in [3.05, 3.63) is 18.2 Å². The zero-order chi connectivity index (χ0) is 17.3. The minimum absolute atomic E-state index is 0.0762. The molecule has 1 aromatic rings. The number of carbonyl (C=O) groups is 1. The third-order valence-corrected chi connectivity index (χ3v) is 5.35. The first-order valence-corrected chi connectivity index (χ1v) is 9.05. The van der Waals surface area contributed by atoms with Gasteiger partial charge in [-0.25, -0.2) is 19.2 Å². The van der Waals surface area contributed by atoms with E-state index in [1.54, 1.807) is 0 Å². The fourth-order valence-corrected chi connectivity index (χ4v) is 4.16. The van der Waals surface area contributed by atoms with Gasteiger partial charge in [-0.3, -0.25) is 0 Å². The molecular formula is C17H24FN5O2. The van der Waals surface area contributed by atoms with Crippen LogP contribution in [-0.4, -0.2) is 70.2 Å². The van der Waals surface area contributed by atoms with Gasteiger partial charge in [0.2, 0.25) is 5.95 Å². The van der Waals surface area contributed by atoms with E-state index in [4.69, 9.17) is 4.74 Å². The van der Waals surface area contributed by atoms with Gasteiger partial charge in [-0.05, 0) is 25.7 Å². The van der Waals surface area contributed by atoms with Crippen LogP contribution in [0.4, 0.5) is 15.1 Å². The Morgan fingerprint density at radius 2 is 1.92 bits per heavy atom. The van der Waals surface area contributed by atoms with Crippen molar-refractivity contribution in [3.63, 3.8) is 0 Å². The number of hydrogen-bond donors (Lipinski definition) is 1. The second kappa shape index (κ2) is 6.74. The molecule has 0 aliphatic carbocycles. The molecule has 3 aliphatic heterocycles. The van der Waals surface area contributed by atoms with Gasteiger partial charge in [0.05, 0.1) is 37.2 Å². The molecule has 7 nitrogen and oxygen atoms in total. The van der Waals surface area contributed by atoms with Gasteiger partial charge in [0.25, 0.3) is 0 Å². The van der Waals surface area contributed by atoms with Crippen molar-refractivity contribution < 1.29 is 13.9 Å². The number of nitrogens with one attached hydrogen (secondary N) is 1. The van der Waals surface area contributed by atoms with E-state index in [9.17, 15) is 9.18 Å². The van der Waals surface area contributed by atoms with E-state index in [-0.39, 0.29) is 17.7 Å². The average Bonchev–Trinajstić information content (AvgIpc) is 3.27. The van der Waals surface area contributed by atoms with E-state index in [1.165, 1.54) is 0 Å². The summed E-state index contributed by atoms with van der Waals surface area (Å²) in [4.78, 5) is 24.5. The van der Waals surface area contributed by atoms with Crippen LogP contribution in [0.25, 0.3) is 0 Å². The number of halogens is 1. The SMILES string of the molecule is O=C(N1CCCC1)N1CCC[C@@]2(C[C@H](Nc3ncc(F)cn3)CO2)C1. The first-order chi connectivity index (χ1) is 12.1. The summed E-state index contributed by atoms with van der Waals surface area (Å²) in [7, 11) is 0. The molecule has 25 heavy (non-hydrogen) atoms. The Kier molecular flexibility index (Phi) is 4.45. The van der Waals surface area contributed by atoms with E-state index in [1.807, 2.05) is 9.80 Å². The van der Waals surface area contributed by atoms with Gasteiger partial charge in [0, 0.05) is 26.1 Å². The molecule has 4 heterocycles. The first kappa shape index (κ1) is 16.5. The van der Waals surface area contributed by atoms with Gasteiger partial charge in [0.15, 0.2) is 5.82 Å². The molecule has 8 heteroatoms.